The molecule has 18 heavy (non-hydrogen) atoms. The van der Waals surface area contributed by atoms with E-state index in [0.29, 0.717) is 18.6 Å². The highest BCUT2D eigenvalue weighted by Crippen LogP contribution is 2.32. The van der Waals surface area contributed by atoms with E-state index in [1.54, 1.807) is 10.4 Å². The Kier molecular flexibility index (Phi) is 5.22. The van der Waals surface area contributed by atoms with E-state index in [0.717, 1.165) is 13.0 Å². The predicted octanol–water partition coefficient (Wildman–Crippen LogP) is 3.30. The van der Waals surface area contributed by atoms with E-state index in [4.69, 9.17) is 5.11 Å². The molecule has 0 amide bonds. The predicted molar refractivity (Wildman–Crippen MR) is 78.2 cm³/mol. The summed E-state index contributed by atoms with van der Waals surface area (Å²) in [4.78, 5) is 3.10. The van der Waals surface area contributed by atoms with Crippen LogP contribution in [0.25, 0.3) is 0 Å². The first-order valence-electron chi connectivity index (χ1n) is 7.16. The first-order valence-corrected chi connectivity index (χ1v) is 7.98. The SMILES string of the molecule is CC(CCO)CNC(C)c1cc2c(s1)CCCC2. The van der Waals surface area contributed by atoms with Crippen molar-refractivity contribution in [1.82, 2.24) is 5.32 Å². The highest BCUT2D eigenvalue weighted by Gasteiger charge is 2.16. The highest BCUT2D eigenvalue weighted by molar-refractivity contribution is 7.12. The Hall–Kier alpha value is -0.380. The summed E-state index contributed by atoms with van der Waals surface area (Å²) in [5.41, 5.74) is 1.60. The molecule has 1 aliphatic rings. The standard InChI is InChI=1S/C15H25NOS/c1-11(7-8-17)10-16-12(2)15-9-13-5-3-4-6-14(13)18-15/h9,11-12,16-17H,3-8,10H2,1-2H3. The average Bonchev–Trinajstić information content (AvgIpc) is 2.80. The molecule has 2 unspecified atom stereocenters. The lowest BCUT2D eigenvalue weighted by Gasteiger charge is -2.16. The maximum absolute atomic E-state index is 8.90. The molecular formula is C15H25NOS. The second kappa shape index (κ2) is 6.69. The van der Waals surface area contributed by atoms with Crippen molar-refractivity contribution in [1.29, 1.82) is 0 Å². The van der Waals surface area contributed by atoms with Gasteiger partial charge in [-0.1, -0.05) is 6.92 Å². The van der Waals surface area contributed by atoms with Gasteiger partial charge >= 0.3 is 0 Å². The number of rotatable bonds is 6. The molecule has 102 valence electrons. The molecule has 3 heteroatoms. The van der Waals surface area contributed by atoms with Crippen molar-refractivity contribution in [3.05, 3.63) is 21.4 Å². The van der Waals surface area contributed by atoms with Gasteiger partial charge in [-0.15, -0.1) is 11.3 Å². The van der Waals surface area contributed by atoms with Crippen molar-refractivity contribution in [2.75, 3.05) is 13.2 Å². The van der Waals surface area contributed by atoms with Crippen LogP contribution in [0.15, 0.2) is 6.07 Å². The molecule has 0 saturated carbocycles. The van der Waals surface area contributed by atoms with Crippen molar-refractivity contribution in [2.45, 2.75) is 52.0 Å². The number of aryl methyl sites for hydroxylation is 2. The zero-order valence-electron chi connectivity index (χ0n) is 11.5. The maximum Gasteiger partial charge on any atom is 0.0434 e. The third-order valence-electron chi connectivity index (χ3n) is 3.84. The number of hydrogen-bond acceptors (Lipinski definition) is 3. The van der Waals surface area contributed by atoms with Crippen LogP contribution in [-0.2, 0) is 12.8 Å². The van der Waals surface area contributed by atoms with Crippen molar-refractivity contribution in [3.8, 4) is 0 Å². The van der Waals surface area contributed by atoms with Gasteiger partial charge in [0.2, 0.25) is 0 Å². The molecular weight excluding hydrogens is 242 g/mol. The Morgan fingerprint density at radius 1 is 1.33 bits per heavy atom. The molecule has 2 nitrogen and oxygen atoms in total. The molecule has 0 aromatic carbocycles. The molecule has 2 rings (SSSR count). The lowest BCUT2D eigenvalue weighted by molar-refractivity contribution is 0.258. The van der Waals surface area contributed by atoms with Crippen molar-refractivity contribution >= 4 is 11.3 Å². The summed E-state index contributed by atoms with van der Waals surface area (Å²) >= 11 is 2.00. The normalized spacial score (nSPS) is 18.4. The molecule has 0 saturated heterocycles. The molecule has 2 N–H and O–H groups in total. The van der Waals surface area contributed by atoms with Gasteiger partial charge in [-0.3, -0.25) is 0 Å². The number of thiophene rings is 1. The van der Waals surface area contributed by atoms with Gasteiger partial charge in [0.15, 0.2) is 0 Å². The van der Waals surface area contributed by atoms with Crippen LogP contribution in [-0.4, -0.2) is 18.3 Å². The number of aliphatic hydroxyl groups is 1. The maximum atomic E-state index is 8.90. The number of fused-ring (bicyclic) bond motifs is 1. The Morgan fingerprint density at radius 3 is 2.83 bits per heavy atom. The van der Waals surface area contributed by atoms with E-state index in [-0.39, 0.29) is 0 Å². The molecule has 0 fully saturated rings. The Morgan fingerprint density at radius 2 is 2.11 bits per heavy atom. The number of aliphatic hydroxyl groups excluding tert-OH is 1. The third-order valence-corrected chi connectivity index (χ3v) is 5.26. The first kappa shape index (κ1) is 14.0. The van der Waals surface area contributed by atoms with Crippen molar-refractivity contribution in [2.24, 2.45) is 5.92 Å². The summed E-state index contributed by atoms with van der Waals surface area (Å²) in [7, 11) is 0. The second-order valence-electron chi connectivity index (χ2n) is 5.55. The molecule has 0 spiro atoms. The van der Waals surface area contributed by atoms with Crippen LogP contribution in [0.4, 0.5) is 0 Å². The van der Waals surface area contributed by atoms with Crippen LogP contribution in [0, 0.1) is 5.92 Å². The van der Waals surface area contributed by atoms with Gasteiger partial charge in [-0.25, -0.2) is 0 Å². The molecule has 1 heterocycles. The van der Waals surface area contributed by atoms with Crippen LogP contribution in [0.2, 0.25) is 0 Å². The van der Waals surface area contributed by atoms with Gasteiger partial charge in [-0.05, 0) is 63.1 Å². The van der Waals surface area contributed by atoms with Crippen molar-refractivity contribution in [3.63, 3.8) is 0 Å². The molecule has 1 aromatic rings. The Balaban J connectivity index is 1.88. The van der Waals surface area contributed by atoms with Crippen LogP contribution < -0.4 is 5.32 Å². The van der Waals surface area contributed by atoms with E-state index in [1.165, 1.54) is 30.6 Å². The van der Waals surface area contributed by atoms with E-state index in [2.05, 4.69) is 25.2 Å². The average molecular weight is 267 g/mol. The summed E-state index contributed by atoms with van der Waals surface area (Å²) in [5.74, 6) is 0.548. The smallest absolute Gasteiger partial charge is 0.0434 e. The zero-order chi connectivity index (χ0) is 13.0. The fraction of sp³-hybridized carbons (Fsp3) is 0.733. The highest BCUT2D eigenvalue weighted by atomic mass is 32.1. The van der Waals surface area contributed by atoms with Gasteiger partial charge < -0.3 is 10.4 Å². The lowest BCUT2D eigenvalue weighted by Crippen LogP contribution is -2.24. The molecule has 1 aromatic heterocycles. The number of hydrogen-bond donors (Lipinski definition) is 2. The van der Waals surface area contributed by atoms with Gasteiger partial charge in [0, 0.05) is 22.4 Å². The van der Waals surface area contributed by atoms with E-state index >= 15 is 0 Å². The summed E-state index contributed by atoms with van der Waals surface area (Å²) < 4.78 is 0. The van der Waals surface area contributed by atoms with Gasteiger partial charge in [-0.2, -0.15) is 0 Å². The second-order valence-corrected chi connectivity index (χ2v) is 6.72. The van der Waals surface area contributed by atoms with Crippen LogP contribution in [0.5, 0.6) is 0 Å². The fourth-order valence-electron chi connectivity index (χ4n) is 2.53. The van der Waals surface area contributed by atoms with Crippen LogP contribution in [0.1, 0.15) is 54.5 Å². The quantitative estimate of drug-likeness (QED) is 0.829. The lowest BCUT2D eigenvalue weighted by atomic mass is 9.99. The van der Waals surface area contributed by atoms with Gasteiger partial charge in [0.05, 0.1) is 0 Å². The summed E-state index contributed by atoms with van der Waals surface area (Å²) in [6, 6.07) is 2.86. The minimum Gasteiger partial charge on any atom is -0.396 e. The van der Waals surface area contributed by atoms with E-state index < -0.39 is 0 Å². The summed E-state index contributed by atoms with van der Waals surface area (Å²) in [6.07, 6.45) is 6.18. The molecule has 2 atom stereocenters. The first-order chi connectivity index (χ1) is 8.70. The summed E-state index contributed by atoms with van der Waals surface area (Å²) in [5, 5.41) is 12.5. The Labute approximate surface area is 114 Å². The van der Waals surface area contributed by atoms with Crippen LogP contribution in [0.3, 0.4) is 0 Å². The van der Waals surface area contributed by atoms with Gasteiger partial charge in [0.1, 0.15) is 0 Å². The Bertz CT molecular complexity index is 351. The largest absolute Gasteiger partial charge is 0.396 e. The van der Waals surface area contributed by atoms with E-state index in [1.807, 2.05) is 11.3 Å². The summed E-state index contributed by atoms with van der Waals surface area (Å²) in [6.45, 7) is 5.73. The number of nitrogens with one attached hydrogen (secondary N) is 1. The zero-order valence-corrected chi connectivity index (χ0v) is 12.4. The topological polar surface area (TPSA) is 32.3 Å². The van der Waals surface area contributed by atoms with Crippen LogP contribution >= 0.6 is 11.3 Å². The van der Waals surface area contributed by atoms with Crippen molar-refractivity contribution < 1.29 is 5.11 Å². The fourth-order valence-corrected chi connectivity index (χ4v) is 3.81. The monoisotopic (exact) mass is 267 g/mol. The molecule has 0 bridgehead atoms. The molecule has 0 aliphatic heterocycles. The third kappa shape index (κ3) is 3.56. The minimum atomic E-state index is 0.296. The molecule has 0 radical (unpaired) electrons. The minimum absolute atomic E-state index is 0.296. The van der Waals surface area contributed by atoms with E-state index in [9.17, 15) is 0 Å². The van der Waals surface area contributed by atoms with Gasteiger partial charge in [0.25, 0.3) is 0 Å². The molecule has 1 aliphatic carbocycles.